The second kappa shape index (κ2) is 13.5. The molecule has 4 aromatic rings. The Balaban J connectivity index is 0.00000387. The average Bonchev–Trinajstić information content (AvgIpc) is 3.01. The van der Waals surface area contributed by atoms with Gasteiger partial charge in [0.25, 0.3) is 0 Å². The minimum absolute atomic E-state index is 0. The molecule has 0 heterocycles. The van der Waals surface area contributed by atoms with Crippen LogP contribution in [0.5, 0.6) is 23.0 Å². The Morgan fingerprint density at radius 2 is 0.825 bits per heavy atom. The summed E-state index contributed by atoms with van der Waals surface area (Å²) in [5.74, 6) is 1.36. The van der Waals surface area contributed by atoms with Gasteiger partial charge in [0.2, 0.25) is 0 Å². The predicted molar refractivity (Wildman–Crippen MR) is 153 cm³/mol. The molecule has 0 atom stereocenters. The summed E-state index contributed by atoms with van der Waals surface area (Å²) in [6.45, 7) is 0.945. The Morgan fingerprint density at radius 1 is 0.500 bits per heavy atom. The van der Waals surface area contributed by atoms with Crippen molar-refractivity contribution in [3.63, 3.8) is 0 Å². The summed E-state index contributed by atoms with van der Waals surface area (Å²) in [7, 11) is 0. The molecule has 1 aliphatic rings. The van der Waals surface area contributed by atoms with E-state index < -0.39 is 0 Å². The third-order valence-electron chi connectivity index (χ3n) is 6.97. The minimum Gasteiger partial charge on any atom is -0.489 e. The highest BCUT2D eigenvalue weighted by molar-refractivity contribution is 5.77. The van der Waals surface area contributed by atoms with Crippen LogP contribution < -0.4 is 18.9 Å². The van der Waals surface area contributed by atoms with E-state index in [0.717, 1.165) is 11.1 Å². The zero-order chi connectivity index (χ0) is 27.6. The predicted octanol–water partition coefficient (Wildman–Crippen LogP) is 7.41. The topological polar surface area (TPSA) is 71.1 Å². The van der Waals surface area contributed by atoms with E-state index in [-0.39, 0.29) is 25.2 Å². The molecule has 6 nitrogen and oxygen atoms in total. The minimum atomic E-state index is -0.268. The Morgan fingerprint density at radius 3 is 1.18 bits per heavy atom. The molecule has 206 valence electrons. The lowest BCUT2D eigenvalue weighted by Crippen LogP contribution is -2.30. The second-order valence-electron chi connectivity index (χ2n) is 9.88. The van der Waals surface area contributed by atoms with Gasteiger partial charge in [-0.3, -0.25) is 9.59 Å². The van der Waals surface area contributed by atoms with Crippen molar-refractivity contribution in [1.82, 2.24) is 0 Å². The van der Waals surface area contributed by atoms with Crippen molar-refractivity contribution < 1.29 is 30.0 Å². The van der Waals surface area contributed by atoms with Crippen molar-refractivity contribution in [3.8, 4) is 23.0 Å². The first-order valence-corrected chi connectivity index (χ1v) is 13.6. The smallest absolute Gasteiger partial charge is 0.314 e. The summed E-state index contributed by atoms with van der Waals surface area (Å²) in [6, 6.07) is 34.0. The normalized spacial score (nSPS) is 16.5. The van der Waals surface area contributed by atoms with Gasteiger partial charge in [-0.05, 0) is 85.3 Å². The van der Waals surface area contributed by atoms with Crippen molar-refractivity contribution in [1.29, 1.82) is 0 Å². The summed E-state index contributed by atoms with van der Waals surface area (Å²) >= 11 is 0. The Hall–Kier alpha value is -4.58. The molecule has 0 saturated heterocycles. The van der Waals surface area contributed by atoms with Crippen molar-refractivity contribution in [2.24, 2.45) is 11.8 Å². The van der Waals surface area contributed by atoms with Crippen molar-refractivity contribution in [2.45, 2.75) is 38.9 Å². The van der Waals surface area contributed by atoms with Gasteiger partial charge in [0.1, 0.15) is 36.2 Å². The first-order valence-electron chi connectivity index (χ1n) is 13.6. The molecule has 1 aliphatic carbocycles. The third kappa shape index (κ3) is 7.73. The Bertz CT molecular complexity index is 1260. The molecule has 0 spiro atoms. The summed E-state index contributed by atoms with van der Waals surface area (Å²) in [4.78, 5) is 25.4. The van der Waals surface area contributed by atoms with Gasteiger partial charge in [0.15, 0.2) is 0 Å². The summed E-state index contributed by atoms with van der Waals surface area (Å²) in [6.07, 6.45) is 2.35. The van der Waals surface area contributed by atoms with Crippen molar-refractivity contribution >= 4 is 11.9 Å². The van der Waals surface area contributed by atoms with Crippen molar-refractivity contribution in [2.75, 3.05) is 0 Å². The van der Waals surface area contributed by atoms with Crippen molar-refractivity contribution in [3.05, 3.63) is 120 Å². The number of ether oxygens (including phenoxy) is 4. The summed E-state index contributed by atoms with van der Waals surface area (Å²) < 4.78 is 22.8. The van der Waals surface area contributed by atoms with Crippen LogP contribution in [0.25, 0.3) is 0 Å². The van der Waals surface area contributed by atoms with Gasteiger partial charge in [0, 0.05) is 1.43 Å². The van der Waals surface area contributed by atoms with E-state index >= 15 is 0 Å². The zero-order valence-electron chi connectivity index (χ0n) is 22.2. The van der Waals surface area contributed by atoms with E-state index in [1.807, 2.05) is 60.7 Å². The fourth-order valence-electron chi connectivity index (χ4n) is 4.65. The number of carbonyl (C=O) groups is 2. The van der Waals surface area contributed by atoms with Crippen LogP contribution in [0.1, 0.15) is 38.2 Å². The number of rotatable bonds is 10. The molecule has 1 saturated carbocycles. The maximum atomic E-state index is 12.7. The van der Waals surface area contributed by atoms with Crippen LogP contribution in [0.2, 0.25) is 0 Å². The largest absolute Gasteiger partial charge is 0.489 e. The molecule has 6 heteroatoms. The van der Waals surface area contributed by atoms with Gasteiger partial charge in [-0.25, -0.2) is 0 Å². The van der Waals surface area contributed by atoms with Crippen LogP contribution >= 0.6 is 0 Å². The Labute approximate surface area is 236 Å². The molecule has 0 aromatic heterocycles. The van der Waals surface area contributed by atoms with E-state index in [1.165, 1.54) is 0 Å². The highest BCUT2D eigenvalue weighted by Crippen LogP contribution is 2.32. The van der Waals surface area contributed by atoms with E-state index in [1.54, 1.807) is 48.5 Å². The molecular formula is C34H34O6. The van der Waals surface area contributed by atoms with Crippen LogP contribution in [0.15, 0.2) is 109 Å². The van der Waals surface area contributed by atoms with Crippen LogP contribution in [0.3, 0.4) is 0 Å². The first kappa shape index (κ1) is 27.0. The molecule has 0 N–H and O–H groups in total. The molecule has 4 aromatic carbocycles. The fraction of sp³-hybridized carbons (Fsp3) is 0.235. The number of hydrogen-bond donors (Lipinski definition) is 0. The third-order valence-corrected chi connectivity index (χ3v) is 6.97. The van der Waals surface area contributed by atoms with Crippen LogP contribution in [-0.4, -0.2) is 11.9 Å². The molecule has 0 radical (unpaired) electrons. The first-order chi connectivity index (χ1) is 19.6. The lowest BCUT2D eigenvalue weighted by Gasteiger charge is -2.25. The lowest BCUT2D eigenvalue weighted by atomic mass is 9.82. The van der Waals surface area contributed by atoms with Crippen LogP contribution in [-0.2, 0) is 22.8 Å². The van der Waals surface area contributed by atoms with Gasteiger partial charge in [-0.15, -0.1) is 0 Å². The zero-order valence-corrected chi connectivity index (χ0v) is 22.2. The molecule has 1 fully saturated rings. The van der Waals surface area contributed by atoms with Gasteiger partial charge < -0.3 is 18.9 Å². The highest BCUT2D eigenvalue weighted by atomic mass is 16.5. The maximum absolute atomic E-state index is 12.7. The van der Waals surface area contributed by atoms with Gasteiger partial charge >= 0.3 is 11.9 Å². The molecule has 0 amide bonds. The lowest BCUT2D eigenvalue weighted by molar-refractivity contribution is -0.145. The monoisotopic (exact) mass is 538 g/mol. The standard InChI is InChI=1S/C34H32O6.H2/c35-33(39-31-19-15-29(16-20-31)37-23-25-7-3-1-4-8-25)27-11-13-28(14-12-27)34(36)40-32-21-17-30(18-22-32)38-24-26-9-5-2-6-10-26;/h1-10,15-22,27-28H,11-14,23-24H2;1H. The highest BCUT2D eigenvalue weighted by Gasteiger charge is 2.32. The average molecular weight is 539 g/mol. The Kier molecular flexibility index (Phi) is 9.09. The molecule has 40 heavy (non-hydrogen) atoms. The summed E-state index contributed by atoms with van der Waals surface area (Å²) in [5, 5.41) is 0. The number of carbonyl (C=O) groups excluding carboxylic acids is 2. The number of hydrogen-bond acceptors (Lipinski definition) is 6. The fourth-order valence-corrected chi connectivity index (χ4v) is 4.65. The van der Waals surface area contributed by atoms with E-state index in [0.29, 0.717) is 61.9 Å². The molecule has 0 aliphatic heterocycles. The number of benzene rings is 4. The maximum Gasteiger partial charge on any atom is 0.314 e. The van der Waals surface area contributed by atoms with Crippen LogP contribution in [0, 0.1) is 11.8 Å². The van der Waals surface area contributed by atoms with Gasteiger partial charge in [-0.2, -0.15) is 0 Å². The molecule has 0 unspecified atom stereocenters. The molecule has 5 rings (SSSR count). The van der Waals surface area contributed by atoms with Crippen LogP contribution in [0.4, 0.5) is 0 Å². The summed E-state index contributed by atoms with van der Waals surface area (Å²) in [5.41, 5.74) is 2.17. The second-order valence-corrected chi connectivity index (χ2v) is 9.88. The quantitative estimate of drug-likeness (QED) is 0.155. The molecular weight excluding hydrogens is 504 g/mol. The number of esters is 2. The van der Waals surface area contributed by atoms with Gasteiger partial charge in [-0.1, -0.05) is 60.7 Å². The SMILES string of the molecule is O=C(Oc1ccc(OCc2ccccc2)cc1)C1CCC(C(=O)Oc2ccc(OCc3ccccc3)cc2)CC1.[HH]. The van der Waals surface area contributed by atoms with E-state index in [4.69, 9.17) is 18.9 Å². The van der Waals surface area contributed by atoms with E-state index in [2.05, 4.69) is 0 Å². The van der Waals surface area contributed by atoms with Gasteiger partial charge in [0.05, 0.1) is 11.8 Å². The van der Waals surface area contributed by atoms with E-state index in [9.17, 15) is 9.59 Å². The molecule has 0 bridgehead atoms.